The molecule has 0 spiro atoms. The van der Waals surface area contributed by atoms with Gasteiger partial charge in [0.05, 0.1) is 0 Å². The second kappa shape index (κ2) is 6.96. The molecule has 1 aliphatic carbocycles. The molecule has 3 nitrogen and oxygen atoms in total. The first-order valence-corrected chi connectivity index (χ1v) is 8.10. The second-order valence-electron chi connectivity index (χ2n) is 5.07. The number of carbonyl (C=O) groups is 1. The van der Waals surface area contributed by atoms with Crippen molar-refractivity contribution in [2.75, 3.05) is 11.6 Å². The molecule has 0 aromatic heterocycles. The van der Waals surface area contributed by atoms with Gasteiger partial charge in [-0.05, 0) is 36.8 Å². The van der Waals surface area contributed by atoms with Crippen molar-refractivity contribution >= 4 is 23.4 Å². The Morgan fingerprint density at radius 1 is 1.32 bits per heavy atom. The third kappa shape index (κ3) is 4.25. The first-order chi connectivity index (χ1) is 9.19. The molecule has 4 heteroatoms. The molecule has 19 heavy (non-hydrogen) atoms. The Morgan fingerprint density at radius 3 is 2.68 bits per heavy atom. The number of thioether (sulfide) groups is 1. The smallest absolute Gasteiger partial charge is 0.221 e. The number of hydrogen-bond acceptors (Lipinski definition) is 3. The van der Waals surface area contributed by atoms with Crippen molar-refractivity contribution in [3.63, 3.8) is 0 Å². The van der Waals surface area contributed by atoms with E-state index in [-0.39, 0.29) is 5.91 Å². The highest BCUT2D eigenvalue weighted by molar-refractivity contribution is 7.99. The molecular formula is C15H22N2OS. The predicted molar refractivity (Wildman–Crippen MR) is 82.5 cm³/mol. The lowest BCUT2D eigenvalue weighted by Gasteiger charge is -2.19. The zero-order valence-corrected chi connectivity index (χ0v) is 12.4. The number of nitrogens with one attached hydrogen (secondary N) is 2. The minimum atomic E-state index is -0.0281. The summed E-state index contributed by atoms with van der Waals surface area (Å²) in [6.45, 7) is 2.43. The number of amides is 1. The second-order valence-corrected chi connectivity index (χ2v) is 6.15. The Kier molecular flexibility index (Phi) is 5.28. The molecule has 1 fully saturated rings. The van der Waals surface area contributed by atoms with E-state index in [2.05, 4.69) is 29.0 Å². The lowest BCUT2D eigenvalue weighted by molar-refractivity contribution is -0.114. The zero-order valence-electron chi connectivity index (χ0n) is 11.6. The summed E-state index contributed by atoms with van der Waals surface area (Å²) in [5.41, 5.74) is 2.12. The lowest BCUT2D eigenvalue weighted by Crippen LogP contribution is -2.33. The average Bonchev–Trinajstić information content (AvgIpc) is 2.84. The number of rotatable bonds is 5. The maximum Gasteiger partial charge on any atom is 0.221 e. The molecule has 2 N–H and O–H groups in total. The summed E-state index contributed by atoms with van der Waals surface area (Å²) in [5, 5.41) is 7.20. The van der Waals surface area contributed by atoms with E-state index in [0.29, 0.717) is 6.04 Å². The van der Waals surface area contributed by atoms with E-state index in [1.165, 1.54) is 31.7 Å². The molecule has 0 radical (unpaired) electrons. The van der Waals surface area contributed by atoms with Gasteiger partial charge in [-0.25, -0.2) is 0 Å². The summed E-state index contributed by atoms with van der Waals surface area (Å²) in [5.74, 6) is -0.0281. The van der Waals surface area contributed by atoms with Crippen molar-refractivity contribution in [1.29, 1.82) is 0 Å². The van der Waals surface area contributed by atoms with Crippen LogP contribution >= 0.6 is 11.8 Å². The van der Waals surface area contributed by atoms with Gasteiger partial charge in [0.1, 0.15) is 0 Å². The van der Waals surface area contributed by atoms with Crippen LogP contribution in [0, 0.1) is 0 Å². The average molecular weight is 278 g/mol. The quantitative estimate of drug-likeness (QED) is 0.870. The van der Waals surface area contributed by atoms with Crippen LogP contribution in [-0.4, -0.2) is 23.5 Å². The van der Waals surface area contributed by atoms with Crippen LogP contribution in [0.2, 0.25) is 0 Å². The highest BCUT2D eigenvalue weighted by Gasteiger charge is 2.25. The van der Waals surface area contributed by atoms with Crippen LogP contribution in [0.4, 0.5) is 5.69 Å². The van der Waals surface area contributed by atoms with Gasteiger partial charge in [-0.2, -0.15) is 11.8 Å². The molecule has 0 saturated heterocycles. The summed E-state index contributed by atoms with van der Waals surface area (Å²) < 4.78 is 0. The van der Waals surface area contributed by atoms with Gasteiger partial charge in [0.2, 0.25) is 5.91 Å². The summed E-state index contributed by atoms with van der Waals surface area (Å²) in [7, 11) is 0. The molecule has 2 atom stereocenters. The summed E-state index contributed by atoms with van der Waals surface area (Å²) >= 11 is 1.97. The van der Waals surface area contributed by atoms with Crippen LogP contribution in [0.25, 0.3) is 0 Å². The van der Waals surface area contributed by atoms with E-state index in [1.54, 1.807) is 0 Å². The molecule has 1 amide bonds. The van der Waals surface area contributed by atoms with Crippen LogP contribution in [0.3, 0.4) is 0 Å². The van der Waals surface area contributed by atoms with Crippen LogP contribution in [0.15, 0.2) is 24.3 Å². The summed E-state index contributed by atoms with van der Waals surface area (Å²) in [4.78, 5) is 10.9. The summed E-state index contributed by atoms with van der Waals surface area (Å²) in [6, 6.07) is 8.70. The van der Waals surface area contributed by atoms with Gasteiger partial charge in [-0.1, -0.05) is 18.6 Å². The van der Waals surface area contributed by atoms with Gasteiger partial charge in [0.15, 0.2) is 0 Å². The Morgan fingerprint density at radius 2 is 2.05 bits per heavy atom. The zero-order chi connectivity index (χ0) is 13.7. The van der Waals surface area contributed by atoms with Gasteiger partial charge in [-0.15, -0.1) is 0 Å². The molecule has 0 heterocycles. The fourth-order valence-electron chi connectivity index (χ4n) is 2.60. The van der Waals surface area contributed by atoms with E-state index in [0.717, 1.165) is 17.5 Å². The normalized spacial score (nSPS) is 22.4. The van der Waals surface area contributed by atoms with E-state index in [1.807, 2.05) is 23.9 Å². The third-order valence-electron chi connectivity index (χ3n) is 3.60. The van der Waals surface area contributed by atoms with Crippen molar-refractivity contribution in [3.8, 4) is 0 Å². The number of carbonyl (C=O) groups excluding carboxylic acids is 1. The molecule has 0 aliphatic heterocycles. The first-order valence-electron chi connectivity index (χ1n) is 6.82. The van der Waals surface area contributed by atoms with Gasteiger partial charge in [0, 0.05) is 30.4 Å². The fourth-order valence-corrected chi connectivity index (χ4v) is 3.56. The van der Waals surface area contributed by atoms with Gasteiger partial charge >= 0.3 is 0 Å². The molecule has 2 unspecified atom stereocenters. The highest BCUT2D eigenvalue weighted by Crippen LogP contribution is 2.28. The van der Waals surface area contributed by atoms with Crippen molar-refractivity contribution in [3.05, 3.63) is 29.8 Å². The van der Waals surface area contributed by atoms with Gasteiger partial charge in [-0.3, -0.25) is 4.79 Å². The van der Waals surface area contributed by atoms with E-state index in [9.17, 15) is 4.79 Å². The monoisotopic (exact) mass is 278 g/mol. The van der Waals surface area contributed by atoms with Crippen LogP contribution in [-0.2, 0) is 11.3 Å². The standard InChI is InChI=1S/C15H22N2OS/c1-11(18)17-13-8-6-12(7-9-13)10-16-14-4-3-5-15(14)19-2/h6-9,14-16H,3-5,10H2,1-2H3,(H,17,18). The van der Waals surface area contributed by atoms with Crippen molar-refractivity contribution < 1.29 is 4.79 Å². The number of hydrogen-bond donors (Lipinski definition) is 2. The predicted octanol–water partition coefficient (Wildman–Crippen LogP) is 3.02. The number of anilines is 1. The largest absolute Gasteiger partial charge is 0.326 e. The van der Waals surface area contributed by atoms with Crippen LogP contribution in [0.5, 0.6) is 0 Å². The van der Waals surface area contributed by atoms with E-state index < -0.39 is 0 Å². The van der Waals surface area contributed by atoms with Crippen molar-refractivity contribution in [2.45, 2.75) is 44.0 Å². The van der Waals surface area contributed by atoms with Crippen molar-refractivity contribution in [1.82, 2.24) is 5.32 Å². The first kappa shape index (κ1) is 14.4. The molecule has 2 rings (SSSR count). The highest BCUT2D eigenvalue weighted by atomic mass is 32.2. The van der Waals surface area contributed by atoms with Gasteiger partial charge in [0.25, 0.3) is 0 Å². The Balaban J connectivity index is 1.84. The summed E-state index contributed by atoms with van der Waals surface area (Å²) in [6.07, 6.45) is 6.16. The number of benzene rings is 1. The van der Waals surface area contributed by atoms with E-state index in [4.69, 9.17) is 0 Å². The Hall–Kier alpha value is -1.00. The molecule has 1 aromatic carbocycles. The van der Waals surface area contributed by atoms with Crippen molar-refractivity contribution in [2.24, 2.45) is 0 Å². The van der Waals surface area contributed by atoms with Crippen LogP contribution < -0.4 is 10.6 Å². The topological polar surface area (TPSA) is 41.1 Å². The molecule has 1 aromatic rings. The maximum atomic E-state index is 10.9. The molecule has 1 saturated carbocycles. The van der Waals surface area contributed by atoms with E-state index >= 15 is 0 Å². The molecule has 0 bridgehead atoms. The maximum absolute atomic E-state index is 10.9. The minimum Gasteiger partial charge on any atom is -0.326 e. The van der Waals surface area contributed by atoms with Crippen LogP contribution in [0.1, 0.15) is 31.7 Å². The minimum absolute atomic E-state index is 0.0281. The molecular weight excluding hydrogens is 256 g/mol. The Bertz CT molecular complexity index is 419. The SMILES string of the molecule is CSC1CCCC1NCc1ccc(NC(C)=O)cc1. The third-order valence-corrected chi connectivity index (χ3v) is 4.77. The molecule has 1 aliphatic rings. The fraction of sp³-hybridized carbons (Fsp3) is 0.533. The van der Waals surface area contributed by atoms with Gasteiger partial charge < -0.3 is 10.6 Å². The lowest BCUT2D eigenvalue weighted by atomic mass is 10.1. The molecule has 104 valence electrons. The Labute approximate surface area is 119 Å².